The van der Waals surface area contributed by atoms with Gasteiger partial charge in [0, 0.05) is 0 Å². The second kappa shape index (κ2) is 5.89. The van der Waals surface area contributed by atoms with Crippen molar-refractivity contribution in [2.75, 3.05) is 0 Å². The van der Waals surface area contributed by atoms with Gasteiger partial charge in [-0.1, -0.05) is 45.1 Å². The van der Waals surface area contributed by atoms with Crippen LogP contribution in [0, 0.1) is 23.7 Å². The molecule has 2 aliphatic carbocycles. The van der Waals surface area contributed by atoms with Crippen LogP contribution in [0.25, 0.3) is 0 Å². The van der Waals surface area contributed by atoms with Gasteiger partial charge in [0.1, 0.15) is 0 Å². The van der Waals surface area contributed by atoms with Crippen LogP contribution in [-0.4, -0.2) is 0 Å². The van der Waals surface area contributed by atoms with Gasteiger partial charge in [-0.05, 0) is 49.4 Å². The topological polar surface area (TPSA) is 0 Å². The molecule has 0 aromatic carbocycles. The van der Waals surface area contributed by atoms with Crippen molar-refractivity contribution in [3.8, 4) is 0 Å². The zero-order valence-electron chi connectivity index (χ0n) is 11.0. The lowest BCUT2D eigenvalue weighted by Crippen LogP contribution is -2.27. The molecule has 92 valence electrons. The monoisotopic (exact) mass is 220 g/mol. The van der Waals surface area contributed by atoms with Crippen LogP contribution in [0.2, 0.25) is 0 Å². The van der Waals surface area contributed by atoms with Crippen LogP contribution in [0.5, 0.6) is 0 Å². The molecule has 0 saturated heterocycles. The standard InChI is InChI=1S/C16H28/c1-3-16(14-9-5-4-6-10-14)15-11-7-8-13(2)12-15/h3,13-16H,1,4-12H2,2H3. The molecule has 0 aromatic rings. The first kappa shape index (κ1) is 12.2. The van der Waals surface area contributed by atoms with E-state index in [2.05, 4.69) is 19.6 Å². The normalized spacial score (nSPS) is 34.6. The Kier molecular flexibility index (Phi) is 4.49. The van der Waals surface area contributed by atoms with Crippen molar-refractivity contribution in [3.05, 3.63) is 12.7 Å². The van der Waals surface area contributed by atoms with Gasteiger partial charge in [0.2, 0.25) is 0 Å². The van der Waals surface area contributed by atoms with Gasteiger partial charge in [0.05, 0.1) is 0 Å². The molecule has 3 unspecified atom stereocenters. The lowest BCUT2D eigenvalue weighted by atomic mass is 9.68. The fraction of sp³-hybridized carbons (Fsp3) is 0.875. The smallest absolute Gasteiger partial charge is 0.0179 e. The highest BCUT2D eigenvalue weighted by Gasteiger charge is 2.30. The summed E-state index contributed by atoms with van der Waals surface area (Å²) in [6, 6.07) is 0. The second-order valence-electron chi connectivity index (χ2n) is 6.24. The van der Waals surface area contributed by atoms with E-state index >= 15 is 0 Å². The maximum atomic E-state index is 4.14. The van der Waals surface area contributed by atoms with Gasteiger partial charge in [-0.15, -0.1) is 6.58 Å². The third-order valence-electron chi connectivity index (χ3n) is 4.99. The predicted molar refractivity (Wildman–Crippen MR) is 71.4 cm³/mol. The SMILES string of the molecule is C=CC(C1CCCCC1)C1CCCC(C)C1. The molecule has 0 amide bonds. The summed E-state index contributed by atoms with van der Waals surface area (Å²) >= 11 is 0. The third kappa shape index (κ3) is 2.90. The summed E-state index contributed by atoms with van der Waals surface area (Å²) in [4.78, 5) is 0. The molecule has 0 bridgehead atoms. The Labute approximate surface area is 102 Å². The van der Waals surface area contributed by atoms with Crippen LogP contribution >= 0.6 is 0 Å². The molecule has 2 aliphatic rings. The van der Waals surface area contributed by atoms with Crippen molar-refractivity contribution in [1.29, 1.82) is 0 Å². The van der Waals surface area contributed by atoms with Crippen molar-refractivity contribution >= 4 is 0 Å². The Hall–Kier alpha value is -0.260. The first-order chi connectivity index (χ1) is 7.81. The average Bonchev–Trinajstić information content (AvgIpc) is 2.31. The van der Waals surface area contributed by atoms with Crippen LogP contribution in [0.1, 0.15) is 64.7 Å². The molecule has 0 aromatic heterocycles. The average molecular weight is 220 g/mol. The van der Waals surface area contributed by atoms with E-state index in [0.29, 0.717) is 0 Å². The molecule has 2 fully saturated rings. The summed E-state index contributed by atoms with van der Waals surface area (Å²) in [6.45, 7) is 6.57. The van der Waals surface area contributed by atoms with Crippen LogP contribution in [-0.2, 0) is 0 Å². The Balaban J connectivity index is 1.94. The number of hydrogen-bond acceptors (Lipinski definition) is 0. The van der Waals surface area contributed by atoms with Crippen LogP contribution < -0.4 is 0 Å². The van der Waals surface area contributed by atoms with Gasteiger partial charge < -0.3 is 0 Å². The predicted octanol–water partition coefficient (Wildman–Crippen LogP) is 5.20. The van der Waals surface area contributed by atoms with E-state index in [4.69, 9.17) is 0 Å². The summed E-state index contributed by atoms with van der Waals surface area (Å²) in [5.74, 6) is 3.73. The fourth-order valence-electron chi connectivity index (χ4n) is 4.12. The molecule has 2 rings (SSSR count). The Morgan fingerprint density at radius 3 is 2.25 bits per heavy atom. The molecule has 2 saturated carbocycles. The number of rotatable bonds is 3. The van der Waals surface area contributed by atoms with E-state index in [1.807, 2.05) is 0 Å². The summed E-state index contributed by atoms with van der Waals surface area (Å²) in [7, 11) is 0. The van der Waals surface area contributed by atoms with E-state index in [1.165, 1.54) is 57.8 Å². The van der Waals surface area contributed by atoms with Gasteiger partial charge in [-0.25, -0.2) is 0 Å². The van der Waals surface area contributed by atoms with Gasteiger partial charge >= 0.3 is 0 Å². The molecular weight excluding hydrogens is 192 g/mol. The van der Waals surface area contributed by atoms with Crippen molar-refractivity contribution in [3.63, 3.8) is 0 Å². The molecule has 3 atom stereocenters. The quantitative estimate of drug-likeness (QED) is 0.574. The minimum absolute atomic E-state index is 0.836. The highest BCUT2D eigenvalue weighted by Crippen LogP contribution is 2.41. The van der Waals surface area contributed by atoms with Gasteiger partial charge in [-0.2, -0.15) is 0 Å². The van der Waals surface area contributed by atoms with Crippen molar-refractivity contribution in [2.24, 2.45) is 23.7 Å². The summed E-state index contributed by atoms with van der Waals surface area (Å²) in [5.41, 5.74) is 0. The summed E-state index contributed by atoms with van der Waals surface area (Å²) in [6.07, 6.45) is 15.5. The molecule has 0 spiro atoms. The Morgan fingerprint density at radius 1 is 0.938 bits per heavy atom. The largest absolute Gasteiger partial charge is 0.103 e. The maximum Gasteiger partial charge on any atom is -0.0179 e. The maximum absolute atomic E-state index is 4.14. The molecule has 16 heavy (non-hydrogen) atoms. The van der Waals surface area contributed by atoms with Gasteiger partial charge in [0.15, 0.2) is 0 Å². The Morgan fingerprint density at radius 2 is 1.62 bits per heavy atom. The van der Waals surface area contributed by atoms with E-state index in [-0.39, 0.29) is 0 Å². The van der Waals surface area contributed by atoms with Crippen LogP contribution in [0.3, 0.4) is 0 Å². The zero-order chi connectivity index (χ0) is 11.4. The Bertz CT molecular complexity index is 212. The highest BCUT2D eigenvalue weighted by atomic mass is 14.4. The van der Waals surface area contributed by atoms with Gasteiger partial charge in [-0.3, -0.25) is 0 Å². The van der Waals surface area contributed by atoms with Crippen molar-refractivity contribution in [2.45, 2.75) is 64.7 Å². The third-order valence-corrected chi connectivity index (χ3v) is 4.99. The van der Waals surface area contributed by atoms with E-state index in [1.54, 1.807) is 0 Å². The molecule has 0 radical (unpaired) electrons. The molecular formula is C16H28. The lowest BCUT2D eigenvalue weighted by Gasteiger charge is -2.37. The number of hydrogen-bond donors (Lipinski definition) is 0. The van der Waals surface area contributed by atoms with Crippen LogP contribution in [0.4, 0.5) is 0 Å². The molecule has 0 N–H and O–H groups in total. The first-order valence-electron chi connectivity index (χ1n) is 7.44. The first-order valence-corrected chi connectivity index (χ1v) is 7.44. The fourth-order valence-corrected chi connectivity index (χ4v) is 4.12. The zero-order valence-corrected chi connectivity index (χ0v) is 11.0. The minimum atomic E-state index is 0.836. The summed E-state index contributed by atoms with van der Waals surface area (Å²) in [5, 5.41) is 0. The van der Waals surface area contributed by atoms with Crippen LogP contribution in [0.15, 0.2) is 12.7 Å². The number of allylic oxidation sites excluding steroid dienone is 1. The molecule has 0 nitrogen and oxygen atoms in total. The molecule has 0 heteroatoms. The van der Waals surface area contributed by atoms with Crippen molar-refractivity contribution < 1.29 is 0 Å². The van der Waals surface area contributed by atoms with E-state index in [9.17, 15) is 0 Å². The minimum Gasteiger partial charge on any atom is -0.103 e. The van der Waals surface area contributed by atoms with Crippen molar-refractivity contribution in [1.82, 2.24) is 0 Å². The van der Waals surface area contributed by atoms with E-state index < -0.39 is 0 Å². The second-order valence-corrected chi connectivity index (χ2v) is 6.24. The van der Waals surface area contributed by atoms with E-state index in [0.717, 1.165) is 23.7 Å². The molecule has 0 heterocycles. The summed E-state index contributed by atoms with van der Waals surface area (Å²) < 4.78 is 0. The molecule has 0 aliphatic heterocycles. The van der Waals surface area contributed by atoms with Gasteiger partial charge in [0.25, 0.3) is 0 Å². The highest BCUT2D eigenvalue weighted by molar-refractivity contribution is 4.92. The lowest BCUT2D eigenvalue weighted by molar-refractivity contribution is 0.158.